The quantitative estimate of drug-likeness (QED) is 0.773. The second-order valence-corrected chi connectivity index (χ2v) is 3.35. The Hall–Kier alpha value is -0.940. The van der Waals surface area contributed by atoms with E-state index in [-0.39, 0.29) is 0 Å². The van der Waals surface area contributed by atoms with Gasteiger partial charge in [-0.05, 0) is 12.3 Å². The number of alkyl halides is 3. The van der Waals surface area contributed by atoms with Crippen LogP contribution in [-0.2, 0) is 4.74 Å². The van der Waals surface area contributed by atoms with Crippen LogP contribution in [0.15, 0.2) is 0 Å². The summed E-state index contributed by atoms with van der Waals surface area (Å²) in [5, 5.41) is 2.27. The van der Waals surface area contributed by atoms with Gasteiger partial charge in [-0.2, -0.15) is 13.2 Å². The molecule has 0 unspecified atom stereocenters. The van der Waals surface area contributed by atoms with Crippen LogP contribution in [0, 0.1) is 5.92 Å². The van der Waals surface area contributed by atoms with Crippen LogP contribution in [0.3, 0.4) is 0 Å². The van der Waals surface area contributed by atoms with Crippen molar-refractivity contribution in [1.29, 1.82) is 0 Å². The molecule has 14 heavy (non-hydrogen) atoms. The summed E-state index contributed by atoms with van der Waals surface area (Å²) in [4.78, 5) is 10.7. The summed E-state index contributed by atoms with van der Waals surface area (Å²) in [6, 6.07) is 0. The molecule has 6 heteroatoms. The zero-order valence-corrected chi connectivity index (χ0v) is 7.56. The van der Waals surface area contributed by atoms with Gasteiger partial charge in [-0.15, -0.1) is 0 Å². The average Bonchev–Trinajstić information content (AvgIpc) is 2.83. The van der Waals surface area contributed by atoms with Crippen molar-refractivity contribution in [2.75, 3.05) is 13.2 Å². The Morgan fingerprint density at radius 1 is 1.43 bits per heavy atom. The normalized spacial score (nSPS) is 16.5. The first kappa shape index (κ1) is 11.1. The summed E-state index contributed by atoms with van der Waals surface area (Å²) < 4.78 is 38.6. The van der Waals surface area contributed by atoms with Crippen molar-refractivity contribution >= 4 is 6.09 Å². The molecule has 0 aromatic rings. The Morgan fingerprint density at radius 3 is 2.57 bits per heavy atom. The molecule has 0 atom stereocenters. The summed E-state index contributed by atoms with van der Waals surface area (Å²) >= 11 is 0. The number of hydrogen-bond donors (Lipinski definition) is 1. The van der Waals surface area contributed by atoms with Gasteiger partial charge >= 0.3 is 12.3 Å². The zero-order chi connectivity index (χ0) is 10.6. The highest BCUT2D eigenvalue weighted by molar-refractivity contribution is 5.67. The fourth-order valence-corrected chi connectivity index (χ4v) is 0.983. The third kappa shape index (κ3) is 5.66. The van der Waals surface area contributed by atoms with E-state index in [0.717, 1.165) is 19.3 Å². The van der Waals surface area contributed by atoms with Gasteiger partial charge in [0, 0.05) is 6.54 Å². The highest BCUT2D eigenvalue weighted by Gasteiger charge is 2.29. The van der Waals surface area contributed by atoms with Gasteiger partial charge < -0.3 is 10.1 Å². The lowest BCUT2D eigenvalue weighted by molar-refractivity contribution is -0.160. The molecule has 0 heterocycles. The summed E-state index contributed by atoms with van der Waals surface area (Å²) in [6.45, 7) is -1.14. The van der Waals surface area contributed by atoms with Crippen LogP contribution in [-0.4, -0.2) is 25.4 Å². The lowest BCUT2D eigenvalue weighted by Gasteiger charge is -2.08. The predicted molar refractivity (Wildman–Crippen MR) is 42.7 cm³/mol. The molecule has 0 radical (unpaired) electrons. The van der Waals surface area contributed by atoms with Crippen molar-refractivity contribution in [2.45, 2.75) is 25.4 Å². The van der Waals surface area contributed by atoms with Gasteiger partial charge in [0.05, 0.1) is 0 Å². The maximum Gasteiger partial charge on any atom is 0.422 e. The van der Waals surface area contributed by atoms with Gasteiger partial charge in [0.2, 0.25) is 0 Å². The highest BCUT2D eigenvalue weighted by Crippen LogP contribution is 2.31. The minimum Gasteiger partial charge on any atom is -0.440 e. The summed E-state index contributed by atoms with van der Waals surface area (Å²) in [7, 11) is 0. The maximum absolute atomic E-state index is 11.6. The SMILES string of the molecule is O=C(NCCC1CC1)OCC(F)(F)F. The van der Waals surface area contributed by atoms with E-state index in [4.69, 9.17) is 0 Å². The van der Waals surface area contributed by atoms with Crippen molar-refractivity contribution < 1.29 is 22.7 Å². The van der Waals surface area contributed by atoms with E-state index in [0.29, 0.717) is 12.5 Å². The molecule has 82 valence electrons. The monoisotopic (exact) mass is 211 g/mol. The first-order chi connectivity index (χ1) is 6.47. The minimum atomic E-state index is -4.45. The van der Waals surface area contributed by atoms with Gasteiger partial charge in [-0.3, -0.25) is 0 Å². The molecule has 1 aliphatic rings. The Labute approximate surface area is 79.6 Å². The third-order valence-corrected chi connectivity index (χ3v) is 1.89. The van der Waals surface area contributed by atoms with E-state index in [1.54, 1.807) is 0 Å². The van der Waals surface area contributed by atoms with Crippen LogP contribution in [0.4, 0.5) is 18.0 Å². The van der Waals surface area contributed by atoms with Crippen molar-refractivity contribution in [1.82, 2.24) is 5.32 Å². The molecule has 1 rings (SSSR count). The van der Waals surface area contributed by atoms with Crippen LogP contribution >= 0.6 is 0 Å². The average molecular weight is 211 g/mol. The third-order valence-electron chi connectivity index (χ3n) is 1.89. The lowest BCUT2D eigenvalue weighted by atomic mass is 10.3. The second-order valence-electron chi connectivity index (χ2n) is 3.35. The van der Waals surface area contributed by atoms with E-state index >= 15 is 0 Å². The molecule has 3 nitrogen and oxygen atoms in total. The first-order valence-electron chi connectivity index (χ1n) is 4.45. The summed E-state index contributed by atoms with van der Waals surface area (Å²) in [6.07, 6.45) is -2.32. The number of amides is 1. The molecular formula is C8H12F3NO2. The van der Waals surface area contributed by atoms with Crippen molar-refractivity contribution in [3.63, 3.8) is 0 Å². The maximum atomic E-state index is 11.6. The second kappa shape index (κ2) is 4.52. The first-order valence-corrected chi connectivity index (χ1v) is 4.45. The van der Waals surface area contributed by atoms with Crippen LogP contribution < -0.4 is 5.32 Å². The molecule has 1 saturated carbocycles. The molecule has 0 aromatic heterocycles. The van der Waals surface area contributed by atoms with Crippen molar-refractivity contribution in [2.24, 2.45) is 5.92 Å². The van der Waals surface area contributed by atoms with Crippen LogP contribution in [0.1, 0.15) is 19.3 Å². The predicted octanol–water partition coefficient (Wildman–Crippen LogP) is 2.08. The van der Waals surface area contributed by atoms with Gasteiger partial charge in [0.1, 0.15) is 0 Å². The molecule has 0 aromatic carbocycles. The van der Waals surface area contributed by atoms with E-state index in [1.165, 1.54) is 0 Å². The lowest BCUT2D eigenvalue weighted by Crippen LogP contribution is -2.29. The fraction of sp³-hybridized carbons (Fsp3) is 0.875. The molecule has 0 saturated heterocycles. The number of carbonyl (C=O) groups is 1. The van der Waals surface area contributed by atoms with Gasteiger partial charge in [-0.1, -0.05) is 12.8 Å². The van der Waals surface area contributed by atoms with Crippen LogP contribution in [0.5, 0.6) is 0 Å². The summed E-state index contributed by atoms with van der Waals surface area (Å²) in [5.41, 5.74) is 0. The van der Waals surface area contributed by atoms with Crippen molar-refractivity contribution in [3.05, 3.63) is 0 Å². The zero-order valence-electron chi connectivity index (χ0n) is 7.56. The molecule has 1 amide bonds. The Bertz CT molecular complexity index is 201. The van der Waals surface area contributed by atoms with Gasteiger partial charge in [0.25, 0.3) is 0 Å². The molecule has 1 aliphatic carbocycles. The van der Waals surface area contributed by atoms with E-state index in [9.17, 15) is 18.0 Å². The minimum absolute atomic E-state index is 0.390. The van der Waals surface area contributed by atoms with Gasteiger partial charge in [-0.25, -0.2) is 4.79 Å². The summed E-state index contributed by atoms with van der Waals surface area (Å²) in [5.74, 6) is 0.637. The number of hydrogen-bond acceptors (Lipinski definition) is 2. The Balaban J connectivity index is 1.97. The molecule has 0 bridgehead atoms. The molecule has 1 N–H and O–H groups in total. The largest absolute Gasteiger partial charge is 0.440 e. The molecular weight excluding hydrogens is 199 g/mol. The number of carbonyl (C=O) groups excluding carboxylic acids is 1. The number of ether oxygens (including phenoxy) is 1. The topological polar surface area (TPSA) is 38.3 Å². The number of nitrogens with one attached hydrogen (secondary N) is 1. The number of halogens is 3. The standard InChI is InChI=1S/C8H12F3NO2/c9-8(10,11)5-14-7(13)12-4-3-6-1-2-6/h6H,1-5H2,(H,12,13). The number of rotatable bonds is 4. The molecule has 0 aliphatic heterocycles. The van der Waals surface area contributed by atoms with Crippen LogP contribution in [0.2, 0.25) is 0 Å². The van der Waals surface area contributed by atoms with Gasteiger partial charge in [0.15, 0.2) is 6.61 Å². The Morgan fingerprint density at radius 2 is 2.07 bits per heavy atom. The number of alkyl carbamates (subject to hydrolysis) is 1. The van der Waals surface area contributed by atoms with E-state index in [1.807, 2.05) is 0 Å². The smallest absolute Gasteiger partial charge is 0.422 e. The highest BCUT2D eigenvalue weighted by atomic mass is 19.4. The Kier molecular flexibility index (Phi) is 3.60. The van der Waals surface area contributed by atoms with E-state index < -0.39 is 18.9 Å². The van der Waals surface area contributed by atoms with Crippen molar-refractivity contribution in [3.8, 4) is 0 Å². The molecule has 1 fully saturated rings. The van der Waals surface area contributed by atoms with Crippen LogP contribution in [0.25, 0.3) is 0 Å². The fourth-order valence-electron chi connectivity index (χ4n) is 0.983. The molecule has 0 spiro atoms. The van der Waals surface area contributed by atoms with E-state index in [2.05, 4.69) is 10.1 Å².